The Balaban J connectivity index is 1.85. The van der Waals surface area contributed by atoms with E-state index in [0.29, 0.717) is 12.3 Å². The van der Waals surface area contributed by atoms with Crippen molar-refractivity contribution in [3.63, 3.8) is 0 Å². The predicted octanol–water partition coefficient (Wildman–Crippen LogP) is 2.81. The molecule has 1 aromatic heterocycles. The van der Waals surface area contributed by atoms with E-state index >= 15 is 0 Å². The van der Waals surface area contributed by atoms with Crippen molar-refractivity contribution in [2.24, 2.45) is 5.92 Å². The van der Waals surface area contributed by atoms with Crippen molar-refractivity contribution in [3.05, 3.63) is 42.2 Å². The SMILES string of the molecule is O=C(CC1CCNCC1)c1cccc2ccncc12. The summed E-state index contributed by atoms with van der Waals surface area (Å²) in [6.07, 6.45) is 6.44. The third-order valence-corrected chi connectivity index (χ3v) is 3.92. The summed E-state index contributed by atoms with van der Waals surface area (Å²) in [4.78, 5) is 16.6. The van der Waals surface area contributed by atoms with Crippen molar-refractivity contribution in [2.45, 2.75) is 19.3 Å². The highest BCUT2D eigenvalue weighted by molar-refractivity contribution is 6.07. The smallest absolute Gasteiger partial charge is 0.163 e. The van der Waals surface area contributed by atoms with Crippen LogP contribution < -0.4 is 5.32 Å². The van der Waals surface area contributed by atoms with E-state index in [1.807, 2.05) is 24.3 Å². The van der Waals surface area contributed by atoms with Crippen LogP contribution in [0.3, 0.4) is 0 Å². The second kappa shape index (κ2) is 5.49. The second-order valence-corrected chi connectivity index (χ2v) is 5.22. The molecule has 98 valence electrons. The quantitative estimate of drug-likeness (QED) is 0.856. The van der Waals surface area contributed by atoms with Gasteiger partial charge in [-0.2, -0.15) is 0 Å². The molecule has 1 aliphatic rings. The summed E-state index contributed by atoms with van der Waals surface area (Å²) in [5, 5.41) is 5.40. The number of aromatic nitrogens is 1. The first kappa shape index (κ1) is 12.3. The first-order valence-corrected chi connectivity index (χ1v) is 6.91. The van der Waals surface area contributed by atoms with E-state index in [1.165, 1.54) is 0 Å². The topological polar surface area (TPSA) is 42.0 Å². The van der Waals surface area contributed by atoms with Gasteiger partial charge in [0.15, 0.2) is 5.78 Å². The van der Waals surface area contributed by atoms with E-state index in [1.54, 1.807) is 12.4 Å². The van der Waals surface area contributed by atoms with Gasteiger partial charge in [0.25, 0.3) is 0 Å². The number of carbonyl (C=O) groups excluding carboxylic acids is 1. The number of carbonyl (C=O) groups is 1. The maximum absolute atomic E-state index is 12.5. The number of hydrogen-bond acceptors (Lipinski definition) is 3. The van der Waals surface area contributed by atoms with Gasteiger partial charge in [0, 0.05) is 29.8 Å². The lowest BCUT2D eigenvalue weighted by Crippen LogP contribution is -2.28. The molecule has 1 fully saturated rings. The third-order valence-electron chi connectivity index (χ3n) is 3.92. The molecule has 3 nitrogen and oxygen atoms in total. The van der Waals surface area contributed by atoms with Crippen LogP contribution in [0.4, 0.5) is 0 Å². The Kier molecular flexibility index (Phi) is 3.56. The maximum Gasteiger partial charge on any atom is 0.163 e. The molecule has 1 aromatic carbocycles. The predicted molar refractivity (Wildman–Crippen MR) is 76.3 cm³/mol. The van der Waals surface area contributed by atoms with Crippen molar-refractivity contribution in [2.75, 3.05) is 13.1 Å². The zero-order valence-corrected chi connectivity index (χ0v) is 10.9. The standard InChI is InChI=1S/C16H18N2O/c19-16(10-12-4-7-17-8-5-12)14-3-1-2-13-6-9-18-11-15(13)14/h1-3,6,9,11-12,17H,4-5,7-8,10H2. The molecule has 0 atom stereocenters. The van der Waals surface area contributed by atoms with E-state index < -0.39 is 0 Å². The van der Waals surface area contributed by atoms with Gasteiger partial charge in [0.05, 0.1) is 0 Å². The fourth-order valence-corrected chi connectivity index (χ4v) is 2.81. The molecule has 1 saturated heterocycles. The third kappa shape index (κ3) is 2.66. The molecule has 0 bridgehead atoms. The van der Waals surface area contributed by atoms with Gasteiger partial charge in [0.1, 0.15) is 0 Å². The van der Waals surface area contributed by atoms with Crippen LogP contribution in [0.1, 0.15) is 29.6 Å². The Morgan fingerprint density at radius 1 is 1.26 bits per heavy atom. The average Bonchev–Trinajstić information content (AvgIpc) is 2.47. The lowest BCUT2D eigenvalue weighted by Gasteiger charge is -2.22. The zero-order valence-electron chi connectivity index (χ0n) is 10.9. The maximum atomic E-state index is 12.5. The molecule has 19 heavy (non-hydrogen) atoms. The van der Waals surface area contributed by atoms with E-state index in [0.717, 1.165) is 42.3 Å². The molecule has 0 saturated carbocycles. The number of ketones is 1. The molecule has 3 heteroatoms. The van der Waals surface area contributed by atoms with Gasteiger partial charge >= 0.3 is 0 Å². The monoisotopic (exact) mass is 254 g/mol. The molecule has 0 spiro atoms. The molecule has 2 aromatic rings. The van der Waals surface area contributed by atoms with Crippen LogP contribution in [0.25, 0.3) is 10.8 Å². The van der Waals surface area contributed by atoms with Crippen molar-refractivity contribution in [3.8, 4) is 0 Å². The Hall–Kier alpha value is -1.74. The van der Waals surface area contributed by atoms with Gasteiger partial charge in [-0.05, 0) is 43.3 Å². The van der Waals surface area contributed by atoms with Crippen LogP contribution in [0.15, 0.2) is 36.7 Å². The summed E-state index contributed by atoms with van der Waals surface area (Å²) >= 11 is 0. The lowest BCUT2D eigenvalue weighted by atomic mass is 9.89. The van der Waals surface area contributed by atoms with Crippen LogP contribution in [-0.4, -0.2) is 23.9 Å². The zero-order chi connectivity index (χ0) is 13.1. The summed E-state index contributed by atoms with van der Waals surface area (Å²) in [6, 6.07) is 7.86. The molecule has 2 heterocycles. The number of nitrogens with one attached hydrogen (secondary N) is 1. The van der Waals surface area contributed by atoms with Crippen molar-refractivity contribution >= 4 is 16.6 Å². The molecular formula is C16H18N2O. The molecule has 0 unspecified atom stereocenters. The van der Waals surface area contributed by atoms with E-state index in [9.17, 15) is 4.79 Å². The molecule has 0 aliphatic carbocycles. The minimum absolute atomic E-state index is 0.255. The fourth-order valence-electron chi connectivity index (χ4n) is 2.81. The summed E-state index contributed by atoms with van der Waals surface area (Å²) < 4.78 is 0. The van der Waals surface area contributed by atoms with Crippen LogP contribution >= 0.6 is 0 Å². The average molecular weight is 254 g/mol. The second-order valence-electron chi connectivity index (χ2n) is 5.22. The molecular weight excluding hydrogens is 236 g/mol. The molecule has 1 N–H and O–H groups in total. The highest BCUT2D eigenvalue weighted by Gasteiger charge is 2.18. The summed E-state index contributed by atoms with van der Waals surface area (Å²) in [7, 11) is 0. The first-order chi connectivity index (χ1) is 9.34. The summed E-state index contributed by atoms with van der Waals surface area (Å²) in [6.45, 7) is 2.07. The summed E-state index contributed by atoms with van der Waals surface area (Å²) in [5.74, 6) is 0.783. The Bertz CT molecular complexity index is 583. The Labute approximate surface area is 113 Å². The van der Waals surface area contributed by atoms with E-state index in [4.69, 9.17) is 0 Å². The Morgan fingerprint density at radius 2 is 2.11 bits per heavy atom. The van der Waals surface area contributed by atoms with Crippen molar-refractivity contribution in [1.82, 2.24) is 10.3 Å². The van der Waals surface area contributed by atoms with Crippen LogP contribution in [-0.2, 0) is 0 Å². The van der Waals surface area contributed by atoms with Gasteiger partial charge in [-0.15, -0.1) is 0 Å². The van der Waals surface area contributed by atoms with Crippen molar-refractivity contribution in [1.29, 1.82) is 0 Å². The van der Waals surface area contributed by atoms with Crippen LogP contribution in [0.2, 0.25) is 0 Å². The fraction of sp³-hybridized carbons (Fsp3) is 0.375. The number of rotatable bonds is 3. The minimum Gasteiger partial charge on any atom is -0.317 e. The van der Waals surface area contributed by atoms with Gasteiger partial charge in [-0.3, -0.25) is 9.78 Å². The first-order valence-electron chi connectivity index (χ1n) is 6.91. The van der Waals surface area contributed by atoms with E-state index in [-0.39, 0.29) is 5.78 Å². The van der Waals surface area contributed by atoms with Crippen molar-refractivity contribution < 1.29 is 4.79 Å². The molecule has 3 rings (SSSR count). The number of benzene rings is 1. The minimum atomic E-state index is 0.255. The van der Waals surface area contributed by atoms with E-state index in [2.05, 4.69) is 10.3 Å². The summed E-state index contributed by atoms with van der Waals surface area (Å²) in [5.41, 5.74) is 0.823. The van der Waals surface area contributed by atoms with Gasteiger partial charge < -0.3 is 5.32 Å². The lowest BCUT2D eigenvalue weighted by molar-refractivity contribution is 0.0954. The number of nitrogens with zero attached hydrogens (tertiary/aromatic N) is 1. The normalized spacial score (nSPS) is 16.6. The molecule has 1 aliphatic heterocycles. The van der Waals surface area contributed by atoms with Gasteiger partial charge in [-0.1, -0.05) is 18.2 Å². The molecule has 0 radical (unpaired) electrons. The van der Waals surface area contributed by atoms with Crippen LogP contribution in [0, 0.1) is 5.92 Å². The largest absolute Gasteiger partial charge is 0.317 e. The highest BCUT2D eigenvalue weighted by atomic mass is 16.1. The Morgan fingerprint density at radius 3 is 2.95 bits per heavy atom. The number of piperidine rings is 1. The van der Waals surface area contributed by atoms with Gasteiger partial charge in [-0.25, -0.2) is 0 Å². The number of Topliss-reactive ketones (excluding diaryl/α,β-unsaturated/α-hetero) is 1. The van der Waals surface area contributed by atoms with Gasteiger partial charge in [0.2, 0.25) is 0 Å². The number of fused-ring (bicyclic) bond motifs is 1. The van der Waals surface area contributed by atoms with Crippen LogP contribution in [0.5, 0.6) is 0 Å². The number of pyridine rings is 1. The molecule has 0 amide bonds. The number of hydrogen-bond donors (Lipinski definition) is 1. The highest BCUT2D eigenvalue weighted by Crippen LogP contribution is 2.23.